The number of methoxy groups -OCH3 is 2. The van der Waals surface area contributed by atoms with E-state index in [2.05, 4.69) is 27.0 Å². The summed E-state index contributed by atoms with van der Waals surface area (Å²) < 4.78 is 18.1. The zero-order valence-corrected chi connectivity index (χ0v) is 28.4. The van der Waals surface area contributed by atoms with E-state index in [1.807, 2.05) is 61.6 Å². The van der Waals surface area contributed by atoms with Crippen molar-refractivity contribution < 1.29 is 19.0 Å². The Morgan fingerprint density at radius 1 is 1.11 bits per heavy atom. The summed E-state index contributed by atoms with van der Waals surface area (Å²) >= 11 is 8.29. The Morgan fingerprint density at radius 3 is 2.76 bits per heavy atom. The van der Waals surface area contributed by atoms with Gasteiger partial charge in [0.2, 0.25) is 0 Å². The van der Waals surface area contributed by atoms with Crippen LogP contribution in [0.25, 0.3) is 0 Å². The number of carbonyl (C=O) groups is 1. The van der Waals surface area contributed by atoms with Gasteiger partial charge in [-0.2, -0.15) is 0 Å². The molecule has 1 spiro atoms. The van der Waals surface area contributed by atoms with E-state index in [1.54, 1.807) is 0 Å². The number of aryl methyl sites for hydroxylation is 1. The number of carbonyl (C=O) groups excluding carboxylic acids is 1. The van der Waals surface area contributed by atoms with E-state index in [9.17, 15) is 4.79 Å². The summed E-state index contributed by atoms with van der Waals surface area (Å²) in [4.78, 5) is 24.1. The van der Waals surface area contributed by atoms with Crippen molar-refractivity contribution in [3.8, 4) is 5.75 Å². The third kappa shape index (κ3) is 6.37. The topological polar surface area (TPSA) is 73.8 Å². The van der Waals surface area contributed by atoms with Gasteiger partial charge in [-0.3, -0.25) is 0 Å². The van der Waals surface area contributed by atoms with Gasteiger partial charge >= 0.3 is 5.97 Å². The van der Waals surface area contributed by atoms with Crippen molar-refractivity contribution >= 4 is 35.0 Å². The molecular formula is C37H44ClN3O4S. The second-order valence-electron chi connectivity index (χ2n) is 13.7. The van der Waals surface area contributed by atoms with Gasteiger partial charge < -0.3 is 19.1 Å². The quantitative estimate of drug-likeness (QED) is 0.179. The maximum atomic E-state index is 12.6. The molecule has 46 heavy (non-hydrogen) atoms. The lowest BCUT2D eigenvalue weighted by atomic mass is 9.65. The van der Waals surface area contributed by atoms with Crippen LogP contribution in [0.15, 0.2) is 60.0 Å². The van der Waals surface area contributed by atoms with E-state index >= 15 is 0 Å². The van der Waals surface area contributed by atoms with Crippen LogP contribution in [0, 0.1) is 17.8 Å². The van der Waals surface area contributed by atoms with E-state index in [0.29, 0.717) is 35.2 Å². The minimum atomic E-state index is -0.328. The van der Waals surface area contributed by atoms with Crippen molar-refractivity contribution in [2.24, 2.45) is 17.8 Å². The molecule has 0 saturated heterocycles. The molecule has 3 aromatic rings. The van der Waals surface area contributed by atoms with Crippen LogP contribution in [0.3, 0.4) is 0 Å². The molecule has 6 atom stereocenters. The van der Waals surface area contributed by atoms with Gasteiger partial charge in [0.15, 0.2) is 5.16 Å². The highest BCUT2D eigenvalue weighted by Gasteiger charge is 2.46. The number of fused-ring (bicyclic) bond motifs is 3. The first-order chi connectivity index (χ1) is 22.5. The zero-order chi connectivity index (χ0) is 31.7. The van der Waals surface area contributed by atoms with Gasteiger partial charge in [0.25, 0.3) is 0 Å². The molecule has 2 aromatic carbocycles. The first-order valence-electron chi connectivity index (χ1n) is 16.8. The number of nitrogens with zero attached hydrogens (tertiary/aromatic N) is 3. The number of benzene rings is 2. The van der Waals surface area contributed by atoms with Gasteiger partial charge in [0.05, 0.1) is 31.1 Å². The predicted molar refractivity (Wildman–Crippen MR) is 182 cm³/mol. The number of rotatable bonds is 8. The maximum Gasteiger partial charge on any atom is 0.337 e. The Bertz CT molecular complexity index is 1540. The van der Waals surface area contributed by atoms with Gasteiger partial charge in [0.1, 0.15) is 5.75 Å². The Hall–Kier alpha value is -2.81. The molecule has 2 heterocycles. The summed E-state index contributed by atoms with van der Waals surface area (Å²) in [6.45, 7) is 2.34. The molecule has 244 valence electrons. The number of hydrogen-bond acceptors (Lipinski definition) is 8. The number of aromatic nitrogens is 2. The number of anilines is 1. The van der Waals surface area contributed by atoms with Gasteiger partial charge in [-0.1, -0.05) is 35.9 Å². The lowest BCUT2D eigenvalue weighted by Crippen LogP contribution is -2.51. The largest absolute Gasteiger partial charge is 0.490 e. The number of thioether (sulfide) groups is 1. The molecule has 0 N–H and O–H groups in total. The Morgan fingerprint density at radius 2 is 1.98 bits per heavy atom. The minimum absolute atomic E-state index is 0.157. The molecule has 7 nitrogen and oxygen atoms in total. The monoisotopic (exact) mass is 661 g/mol. The Balaban J connectivity index is 1.15. The SMILES string of the molecule is COC(=O)c1ccc2c(c1)N(C[C@@H]1CC[C@H]1[C@H](OC)[C@H]1CCC[C@@H](Sc3ncccn3)C1)C[C@@]1(CCCc3cc(Cl)ccc31)CO2. The normalized spacial score (nSPS) is 27.8. The number of esters is 1. The average Bonchev–Trinajstić information content (AvgIpc) is 3.22. The van der Waals surface area contributed by atoms with E-state index in [1.165, 1.54) is 50.3 Å². The molecule has 2 fully saturated rings. The fraction of sp³-hybridized carbons (Fsp3) is 0.541. The first-order valence-corrected chi connectivity index (χ1v) is 18.1. The lowest BCUT2D eigenvalue weighted by molar-refractivity contribution is -0.0587. The van der Waals surface area contributed by atoms with Gasteiger partial charge in [-0.25, -0.2) is 14.8 Å². The zero-order valence-electron chi connectivity index (χ0n) is 26.8. The summed E-state index contributed by atoms with van der Waals surface area (Å²) in [6, 6.07) is 14.0. The van der Waals surface area contributed by atoms with Crippen LogP contribution in [0.1, 0.15) is 72.9 Å². The Labute approximate surface area is 281 Å². The summed E-state index contributed by atoms with van der Waals surface area (Å²) in [6.07, 6.45) is 14.2. The molecule has 0 bridgehead atoms. The smallest absolute Gasteiger partial charge is 0.337 e. The number of halogens is 1. The summed E-state index contributed by atoms with van der Waals surface area (Å²) in [5.74, 6) is 2.02. The van der Waals surface area contributed by atoms with Gasteiger partial charge in [0, 0.05) is 48.3 Å². The molecule has 4 aliphatic rings. The molecule has 0 unspecified atom stereocenters. The highest BCUT2D eigenvalue weighted by molar-refractivity contribution is 7.99. The maximum absolute atomic E-state index is 12.6. The van der Waals surface area contributed by atoms with Crippen molar-refractivity contribution in [3.05, 3.63) is 76.6 Å². The van der Waals surface area contributed by atoms with Crippen LogP contribution < -0.4 is 9.64 Å². The summed E-state index contributed by atoms with van der Waals surface area (Å²) in [7, 11) is 3.35. The van der Waals surface area contributed by atoms with Crippen LogP contribution in [0.4, 0.5) is 5.69 Å². The lowest BCUT2D eigenvalue weighted by Gasteiger charge is -2.48. The van der Waals surface area contributed by atoms with Crippen LogP contribution in [-0.4, -0.2) is 61.2 Å². The third-order valence-corrected chi connectivity index (χ3v) is 12.4. The molecule has 3 aliphatic carbocycles. The summed E-state index contributed by atoms with van der Waals surface area (Å²) in [5, 5.41) is 2.18. The van der Waals surface area contributed by atoms with Crippen LogP contribution in [0.5, 0.6) is 5.75 Å². The van der Waals surface area contributed by atoms with Crippen LogP contribution in [0.2, 0.25) is 5.02 Å². The van der Waals surface area contributed by atoms with Crippen molar-refractivity contribution in [2.75, 3.05) is 38.8 Å². The summed E-state index contributed by atoms with van der Waals surface area (Å²) in [5.41, 5.74) is 4.06. The van der Waals surface area contributed by atoms with E-state index in [-0.39, 0.29) is 17.5 Å². The van der Waals surface area contributed by atoms with Crippen LogP contribution >= 0.6 is 23.4 Å². The molecule has 0 radical (unpaired) electrons. The van der Waals surface area contributed by atoms with Gasteiger partial charge in [-0.15, -0.1) is 0 Å². The molecule has 1 aliphatic heterocycles. The second kappa shape index (κ2) is 13.7. The van der Waals surface area contributed by atoms with E-state index < -0.39 is 0 Å². The molecule has 9 heteroatoms. The highest BCUT2D eigenvalue weighted by Crippen LogP contribution is 2.49. The minimum Gasteiger partial charge on any atom is -0.490 e. The predicted octanol–water partition coefficient (Wildman–Crippen LogP) is 7.78. The first kappa shape index (κ1) is 31.8. The number of hydrogen-bond donors (Lipinski definition) is 0. The Kier molecular flexibility index (Phi) is 9.49. The van der Waals surface area contributed by atoms with Crippen molar-refractivity contribution in [2.45, 2.75) is 79.7 Å². The number of ether oxygens (including phenoxy) is 3. The molecule has 0 amide bonds. The highest BCUT2D eigenvalue weighted by atomic mass is 35.5. The van der Waals surface area contributed by atoms with E-state index in [4.69, 9.17) is 25.8 Å². The molecular weight excluding hydrogens is 618 g/mol. The van der Waals surface area contributed by atoms with Crippen molar-refractivity contribution in [1.29, 1.82) is 0 Å². The van der Waals surface area contributed by atoms with Gasteiger partial charge in [-0.05, 0) is 117 Å². The van der Waals surface area contributed by atoms with Crippen molar-refractivity contribution in [1.82, 2.24) is 9.97 Å². The van der Waals surface area contributed by atoms with E-state index in [0.717, 1.165) is 60.4 Å². The van der Waals surface area contributed by atoms with Crippen molar-refractivity contribution in [3.63, 3.8) is 0 Å². The standard InChI is InChI=1S/C37H44ClN3O4S/c1-43-34(25-6-3-8-29(19-25)46-36-39-16-5-17-40-36)30-12-9-27(30)21-41-22-37(15-4-7-24-18-28(38)11-13-31(24)37)23-45-33-14-10-26(20-32(33)41)35(42)44-2/h5,10-11,13-14,16-18,20,25,27,29-30,34H,3-4,6-9,12,15,19,21-23H2,1-2H3/t25-,27-,29+,30+,34+,37-/m0/s1. The molecule has 1 aromatic heterocycles. The molecule has 7 rings (SSSR count). The average molecular weight is 662 g/mol. The molecule has 2 saturated carbocycles. The van der Waals surface area contributed by atoms with Crippen LogP contribution in [-0.2, 0) is 21.3 Å². The third-order valence-electron chi connectivity index (χ3n) is 11.0. The fourth-order valence-electron chi connectivity index (χ4n) is 8.69. The second-order valence-corrected chi connectivity index (χ2v) is 15.4. The fourth-order valence-corrected chi connectivity index (χ4v) is 10.1.